The van der Waals surface area contributed by atoms with Gasteiger partial charge < -0.3 is 16.6 Å². The van der Waals surface area contributed by atoms with Crippen molar-refractivity contribution in [2.75, 3.05) is 0 Å². The molecule has 1 aliphatic carbocycles. The van der Waals surface area contributed by atoms with Gasteiger partial charge in [0.1, 0.15) is 0 Å². The van der Waals surface area contributed by atoms with Gasteiger partial charge in [0.2, 0.25) is 5.96 Å². The summed E-state index contributed by atoms with van der Waals surface area (Å²) in [5.41, 5.74) is 12.3. The molecule has 0 amide bonds. The molecule has 0 bridgehead atoms. The Morgan fingerprint density at radius 1 is 1.40 bits per heavy atom. The lowest BCUT2D eigenvalue weighted by atomic mass is 9.84. The monoisotopic (exact) mass is 275 g/mol. The number of hydrogen-bond donors (Lipinski definition) is 3. The number of hydrogen-bond acceptors (Lipinski definition) is 4. The van der Waals surface area contributed by atoms with Crippen LogP contribution in [0, 0.1) is 0 Å². The molecule has 106 valence electrons. The van der Waals surface area contributed by atoms with E-state index >= 15 is 0 Å². The molecule has 1 fully saturated rings. The average molecular weight is 275 g/mol. The predicted octanol–water partition coefficient (Wildman–Crippen LogP) is 1.07. The molecule has 5 N–H and O–H groups in total. The Morgan fingerprint density at radius 3 is 2.90 bits per heavy atom. The van der Waals surface area contributed by atoms with Gasteiger partial charge in [0.15, 0.2) is 0 Å². The van der Waals surface area contributed by atoms with Crippen molar-refractivity contribution in [2.24, 2.45) is 21.7 Å². The normalized spacial score (nSPS) is 20.6. The fourth-order valence-corrected chi connectivity index (χ4v) is 2.33. The molecule has 1 unspecified atom stereocenters. The number of guanidine groups is 1. The number of nitrogens with zero attached hydrogens (tertiary/aromatic N) is 3. The van der Waals surface area contributed by atoms with Crippen LogP contribution in [0.3, 0.4) is 0 Å². The Bertz CT molecular complexity index is 564. The summed E-state index contributed by atoms with van der Waals surface area (Å²) in [4.78, 5) is 15.3. The fourth-order valence-electron chi connectivity index (χ4n) is 2.33. The molecule has 1 heterocycles. The summed E-state index contributed by atoms with van der Waals surface area (Å²) in [5, 5.41) is 16.8. The summed E-state index contributed by atoms with van der Waals surface area (Å²) in [6.07, 6.45) is 5.24. The Hall–Kier alpha value is -2.44. The van der Waals surface area contributed by atoms with Crippen molar-refractivity contribution in [3.8, 4) is 0 Å². The SMILES string of the molecule is NC(N)=N/N=C1\CCCCC1c1cc(C(=O)O)ccn1. The lowest BCUT2D eigenvalue weighted by Crippen LogP contribution is -2.23. The first kappa shape index (κ1) is 14.0. The molecule has 1 atom stereocenters. The zero-order valence-electron chi connectivity index (χ0n) is 11.0. The third kappa shape index (κ3) is 3.31. The van der Waals surface area contributed by atoms with Gasteiger partial charge in [-0.1, -0.05) is 6.42 Å². The minimum absolute atomic E-state index is 0.0221. The molecule has 7 nitrogen and oxygen atoms in total. The Morgan fingerprint density at radius 2 is 2.20 bits per heavy atom. The second-order valence-corrected chi connectivity index (χ2v) is 4.69. The van der Waals surface area contributed by atoms with Crippen molar-refractivity contribution >= 4 is 17.6 Å². The minimum atomic E-state index is -0.966. The van der Waals surface area contributed by atoms with E-state index in [1.54, 1.807) is 6.07 Å². The highest BCUT2D eigenvalue weighted by Crippen LogP contribution is 2.30. The van der Waals surface area contributed by atoms with Gasteiger partial charge in [0.25, 0.3) is 0 Å². The summed E-state index contributed by atoms with van der Waals surface area (Å²) in [6, 6.07) is 3.06. The summed E-state index contributed by atoms with van der Waals surface area (Å²) in [7, 11) is 0. The average Bonchev–Trinajstić information content (AvgIpc) is 2.45. The van der Waals surface area contributed by atoms with Crippen molar-refractivity contribution in [3.05, 3.63) is 29.6 Å². The number of rotatable bonds is 3. The molecular formula is C13H17N5O2. The van der Waals surface area contributed by atoms with E-state index in [9.17, 15) is 4.79 Å². The number of carbonyl (C=O) groups is 1. The molecule has 2 rings (SSSR count). The van der Waals surface area contributed by atoms with Gasteiger partial charge in [0.05, 0.1) is 5.56 Å². The van der Waals surface area contributed by atoms with Gasteiger partial charge in [0, 0.05) is 23.5 Å². The van der Waals surface area contributed by atoms with E-state index in [1.807, 2.05) is 0 Å². The van der Waals surface area contributed by atoms with Gasteiger partial charge in [-0.3, -0.25) is 4.98 Å². The number of nitrogens with two attached hydrogens (primary N) is 2. The number of aromatic carboxylic acids is 1. The quantitative estimate of drug-likeness (QED) is 0.432. The third-order valence-corrected chi connectivity index (χ3v) is 3.26. The summed E-state index contributed by atoms with van der Waals surface area (Å²) in [6.45, 7) is 0. The van der Waals surface area contributed by atoms with E-state index in [2.05, 4.69) is 15.2 Å². The third-order valence-electron chi connectivity index (χ3n) is 3.26. The van der Waals surface area contributed by atoms with Crippen molar-refractivity contribution < 1.29 is 9.90 Å². The molecule has 0 aliphatic heterocycles. The predicted molar refractivity (Wildman–Crippen MR) is 75.7 cm³/mol. The van der Waals surface area contributed by atoms with E-state index in [4.69, 9.17) is 16.6 Å². The van der Waals surface area contributed by atoms with Crippen molar-refractivity contribution in [1.82, 2.24) is 4.98 Å². The molecule has 1 aromatic rings. The van der Waals surface area contributed by atoms with Crippen molar-refractivity contribution in [3.63, 3.8) is 0 Å². The fraction of sp³-hybridized carbons (Fsp3) is 0.385. The first-order valence-corrected chi connectivity index (χ1v) is 6.42. The highest BCUT2D eigenvalue weighted by Gasteiger charge is 2.24. The van der Waals surface area contributed by atoms with E-state index in [-0.39, 0.29) is 17.4 Å². The van der Waals surface area contributed by atoms with Crippen LogP contribution in [0.1, 0.15) is 47.7 Å². The van der Waals surface area contributed by atoms with E-state index < -0.39 is 5.97 Å². The topological polar surface area (TPSA) is 127 Å². The molecular weight excluding hydrogens is 258 g/mol. The number of aromatic nitrogens is 1. The minimum Gasteiger partial charge on any atom is -0.478 e. The van der Waals surface area contributed by atoms with E-state index in [0.29, 0.717) is 5.69 Å². The number of carboxylic acids is 1. The van der Waals surface area contributed by atoms with Crippen molar-refractivity contribution in [2.45, 2.75) is 31.6 Å². The lowest BCUT2D eigenvalue weighted by Gasteiger charge is -2.23. The van der Waals surface area contributed by atoms with Crippen LogP contribution >= 0.6 is 0 Å². The summed E-state index contributed by atoms with van der Waals surface area (Å²) < 4.78 is 0. The van der Waals surface area contributed by atoms with Crippen LogP contribution in [-0.4, -0.2) is 27.7 Å². The molecule has 1 aromatic heterocycles. The summed E-state index contributed by atoms with van der Waals surface area (Å²) >= 11 is 0. The maximum Gasteiger partial charge on any atom is 0.335 e. The van der Waals surface area contributed by atoms with Crippen LogP contribution in [0.4, 0.5) is 0 Å². The maximum absolute atomic E-state index is 11.0. The Labute approximate surface area is 116 Å². The van der Waals surface area contributed by atoms with Gasteiger partial charge in [-0.05, 0) is 31.4 Å². The Kier molecular flexibility index (Phi) is 4.29. The highest BCUT2D eigenvalue weighted by atomic mass is 16.4. The van der Waals surface area contributed by atoms with Crippen LogP contribution in [0.5, 0.6) is 0 Å². The number of pyridine rings is 1. The van der Waals surface area contributed by atoms with Crippen LogP contribution in [0.15, 0.2) is 28.5 Å². The standard InChI is InChI=1S/C13H17N5O2/c14-13(15)18-17-10-4-2-1-3-9(10)11-7-8(12(19)20)5-6-16-11/h5-7,9H,1-4H2,(H,19,20)(H4,14,15,18)/b17-10+. The maximum atomic E-state index is 11.0. The molecule has 0 radical (unpaired) electrons. The molecule has 1 saturated carbocycles. The van der Waals surface area contributed by atoms with E-state index in [0.717, 1.165) is 31.4 Å². The Balaban J connectivity index is 2.32. The molecule has 1 aliphatic rings. The number of carboxylic acid groups (broad SMARTS) is 1. The van der Waals surface area contributed by atoms with Crippen LogP contribution < -0.4 is 11.5 Å². The van der Waals surface area contributed by atoms with Gasteiger partial charge >= 0.3 is 5.97 Å². The second-order valence-electron chi connectivity index (χ2n) is 4.69. The smallest absolute Gasteiger partial charge is 0.335 e. The highest BCUT2D eigenvalue weighted by molar-refractivity contribution is 5.93. The van der Waals surface area contributed by atoms with Crippen LogP contribution in [-0.2, 0) is 0 Å². The first-order valence-electron chi connectivity index (χ1n) is 6.42. The van der Waals surface area contributed by atoms with Gasteiger partial charge in [-0.2, -0.15) is 5.10 Å². The summed E-state index contributed by atoms with van der Waals surface area (Å²) in [5.74, 6) is -1.08. The van der Waals surface area contributed by atoms with Gasteiger partial charge in [-0.25, -0.2) is 4.79 Å². The largest absolute Gasteiger partial charge is 0.478 e. The second kappa shape index (κ2) is 6.14. The van der Waals surface area contributed by atoms with Crippen molar-refractivity contribution in [1.29, 1.82) is 0 Å². The van der Waals surface area contributed by atoms with Crippen LogP contribution in [0.2, 0.25) is 0 Å². The molecule has 0 saturated heterocycles. The zero-order chi connectivity index (χ0) is 14.5. The van der Waals surface area contributed by atoms with Crippen LogP contribution in [0.25, 0.3) is 0 Å². The van der Waals surface area contributed by atoms with E-state index in [1.165, 1.54) is 12.3 Å². The zero-order valence-corrected chi connectivity index (χ0v) is 11.0. The molecule has 0 spiro atoms. The molecule has 0 aromatic carbocycles. The van der Waals surface area contributed by atoms with Gasteiger partial charge in [-0.15, -0.1) is 5.10 Å². The molecule has 20 heavy (non-hydrogen) atoms. The molecule has 7 heteroatoms. The lowest BCUT2D eigenvalue weighted by molar-refractivity contribution is 0.0696. The first-order chi connectivity index (χ1) is 9.58.